The van der Waals surface area contributed by atoms with Crippen molar-refractivity contribution in [2.45, 2.75) is 42.2 Å². The zero-order chi connectivity index (χ0) is 10.7. The summed E-state index contributed by atoms with van der Waals surface area (Å²) in [6, 6.07) is 1.39. The molecule has 1 aliphatic carbocycles. The summed E-state index contributed by atoms with van der Waals surface area (Å²) in [5.74, 6) is 0. The van der Waals surface area contributed by atoms with E-state index in [1.165, 1.54) is 24.0 Å². The Kier molecular flexibility index (Phi) is 3.43. The maximum Gasteiger partial charge on any atom is 0.251 e. The fourth-order valence-electron chi connectivity index (χ4n) is 1.77. The summed E-state index contributed by atoms with van der Waals surface area (Å²) in [6.45, 7) is 0. The molecule has 2 unspecified atom stereocenters. The third kappa shape index (κ3) is 2.82. The van der Waals surface area contributed by atoms with Crippen molar-refractivity contribution in [2.24, 2.45) is 0 Å². The van der Waals surface area contributed by atoms with Crippen molar-refractivity contribution < 1.29 is 5.11 Å². The number of aromatic amines is 1. The summed E-state index contributed by atoms with van der Waals surface area (Å²) < 4.78 is 0. The third-order valence-electron chi connectivity index (χ3n) is 2.58. The number of rotatable bonds is 2. The van der Waals surface area contributed by atoms with Crippen LogP contribution < -0.4 is 5.56 Å². The van der Waals surface area contributed by atoms with Crippen LogP contribution >= 0.6 is 11.8 Å². The maximum atomic E-state index is 11.0. The van der Waals surface area contributed by atoms with Crippen LogP contribution in [0.15, 0.2) is 22.2 Å². The molecule has 15 heavy (non-hydrogen) atoms. The molecule has 1 fully saturated rings. The van der Waals surface area contributed by atoms with E-state index in [0.29, 0.717) is 5.16 Å². The SMILES string of the molecule is O=c1ccnc(SC2CCCCC2O)[nH]1. The van der Waals surface area contributed by atoms with E-state index in [2.05, 4.69) is 9.97 Å². The van der Waals surface area contributed by atoms with Crippen LogP contribution in [-0.2, 0) is 0 Å². The van der Waals surface area contributed by atoms with Crippen LogP contribution in [0.4, 0.5) is 0 Å². The highest BCUT2D eigenvalue weighted by molar-refractivity contribution is 7.99. The second-order valence-electron chi connectivity index (χ2n) is 3.75. The first kappa shape index (κ1) is 10.7. The van der Waals surface area contributed by atoms with Gasteiger partial charge in [-0.15, -0.1) is 0 Å². The molecule has 1 saturated carbocycles. The summed E-state index contributed by atoms with van der Waals surface area (Å²) in [7, 11) is 0. The van der Waals surface area contributed by atoms with Gasteiger partial charge in [0.1, 0.15) is 0 Å². The number of aromatic nitrogens is 2. The van der Waals surface area contributed by atoms with Gasteiger partial charge in [-0.3, -0.25) is 4.79 Å². The molecular weight excluding hydrogens is 212 g/mol. The minimum absolute atomic E-state index is 0.141. The third-order valence-corrected chi connectivity index (χ3v) is 3.86. The van der Waals surface area contributed by atoms with Gasteiger partial charge in [-0.1, -0.05) is 24.6 Å². The van der Waals surface area contributed by atoms with Crippen molar-refractivity contribution in [3.05, 3.63) is 22.6 Å². The topological polar surface area (TPSA) is 66.0 Å². The number of aliphatic hydroxyl groups is 1. The number of hydrogen-bond acceptors (Lipinski definition) is 4. The molecule has 0 radical (unpaired) electrons. The first-order valence-electron chi connectivity index (χ1n) is 5.16. The molecule has 1 aromatic heterocycles. The summed E-state index contributed by atoms with van der Waals surface area (Å²) in [4.78, 5) is 17.8. The first-order valence-corrected chi connectivity index (χ1v) is 6.04. The average Bonchev–Trinajstić information content (AvgIpc) is 2.22. The van der Waals surface area contributed by atoms with Crippen molar-refractivity contribution in [3.8, 4) is 0 Å². The predicted molar refractivity (Wildman–Crippen MR) is 59.0 cm³/mol. The lowest BCUT2D eigenvalue weighted by atomic mass is 9.97. The van der Waals surface area contributed by atoms with Gasteiger partial charge in [-0.05, 0) is 12.8 Å². The molecule has 1 aromatic rings. The Hall–Kier alpha value is -0.810. The van der Waals surface area contributed by atoms with E-state index in [4.69, 9.17) is 0 Å². The van der Waals surface area contributed by atoms with Crippen molar-refractivity contribution in [3.63, 3.8) is 0 Å². The van der Waals surface area contributed by atoms with Gasteiger partial charge in [-0.2, -0.15) is 0 Å². The van der Waals surface area contributed by atoms with Gasteiger partial charge in [0.15, 0.2) is 5.16 Å². The van der Waals surface area contributed by atoms with Crippen LogP contribution in [0.5, 0.6) is 0 Å². The Bertz CT molecular complexity index is 380. The van der Waals surface area contributed by atoms with Crippen molar-refractivity contribution >= 4 is 11.8 Å². The first-order chi connectivity index (χ1) is 7.25. The molecule has 5 heteroatoms. The van der Waals surface area contributed by atoms with Gasteiger partial charge >= 0.3 is 0 Å². The quantitative estimate of drug-likeness (QED) is 0.743. The highest BCUT2D eigenvalue weighted by atomic mass is 32.2. The summed E-state index contributed by atoms with van der Waals surface area (Å²) in [6.07, 6.45) is 5.31. The second-order valence-corrected chi connectivity index (χ2v) is 4.98. The molecule has 1 aliphatic rings. The van der Waals surface area contributed by atoms with E-state index in [9.17, 15) is 9.90 Å². The molecule has 4 nitrogen and oxygen atoms in total. The van der Waals surface area contributed by atoms with Gasteiger partial charge < -0.3 is 10.1 Å². The second kappa shape index (κ2) is 4.81. The smallest absolute Gasteiger partial charge is 0.251 e. The molecule has 0 aliphatic heterocycles. The van der Waals surface area contributed by atoms with Gasteiger partial charge in [0.25, 0.3) is 5.56 Å². The normalized spacial score (nSPS) is 26.5. The van der Waals surface area contributed by atoms with Gasteiger partial charge in [0, 0.05) is 17.5 Å². The van der Waals surface area contributed by atoms with Crippen LogP contribution in [-0.4, -0.2) is 26.4 Å². The molecule has 0 aromatic carbocycles. The Morgan fingerprint density at radius 1 is 1.47 bits per heavy atom. The van der Waals surface area contributed by atoms with Crippen molar-refractivity contribution in [1.29, 1.82) is 0 Å². The van der Waals surface area contributed by atoms with E-state index in [1.54, 1.807) is 0 Å². The van der Waals surface area contributed by atoms with E-state index in [1.807, 2.05) is 0 Å². The van der Waals surface area contributed by atoms with Crippen LogP contribution in [0.25, 0.3) is 0 Å². The Morgan fingerprint density at radius 2 is 2.27 bits per heavy atom. The van der Waals surface area contributed by atoms with Crippen LogP contribution in [0.1, 0.15) is 25.7 Å². The molecule has 2 rings (SSSR count). The zero-order valence-corrected chi connectivity index (χ0v) is 9.17. The highest BCUT2D eigenvalue weighted by Gasteiger charge is 2.24. The van der Waals surface area contributed by atoms with Gasteiger partial charge in [0.2, 0.25) is 0 Å². The predicted octanol–water partition coefficient (Wildman–Crippen LogP) is 1.17. The van der Waals surface area contributed by atoms with Crippen molar-refractivity contribution in [2.75, 3.05) is 0 Å². The zero-order valence-electron chi connectivity index (χ0n) is 8.35. The lowest BCUT2D eigenvalue weighted by molar-refractivity contribution is 0.137. The maximum absolute atomic E-state index is 11.0. The number of nitrogens with zero attached hydrogens (tertiary/aromatic N) is 1. The largest absolute Gasteiger partial charge is 0.392 e. The van der Waals surface area contributed by atoms with E-state index < -0.39 is 0 Å². The summed E-state index contributed by atoms with van der Waals surface area (Å²) >= 11 is 1.47. The standard InChI is InChI=1S/C10H14N2O2S/c13-7-3-1-2-4-8(7)15-10-11-6-5-9(14)12-10/h5-8,13H,1-4H2,(H,11,12,14). The lowest BCUT2D eigenvalue weighted by Crippen LogP contribution is -2.27. The molecule has 2 N–H and O–H groups in total. The number of aliphatic hydroxyl groups excluding tert-OH is 1. The highest BCUT2D eigenvalue weighted by Crippen LogP contribution is 2.31. The molecule has 0 amide bonds. The Morgan fingerprint density at radius 3 is 3.00 bits per heavy atom. The Balaban J connectivity index is 2.04. The van der Waals surface area contributed by atoms with E-state index in [-0.39, 0.29) is 16.9 Å². The molecular formula is C10H14N2O2S. The Labute approximate surface area is 92.1 Å². The van der Waals surface area contributed by atoms with Crippen LogP contribution in [0.2, 0.25) is 0 Å². The van der Waals surface area contributed by atoms with Crippen molar-refractivity contribution in [1.82, 2.24) is 9.97 Å². The van der Waals surface area contributed by atoms with E-state index >= 15 is 0 Å². The molecule has 82 valence electrons. The molecule has 0 saturated heterocycles. The van der Waals surface area contributed by atoms with Gasteiger partial charge in [0.05, 0.1) is 6.10 Å². The number of nitrogens with one attached hydrogen (secondary N) is 1. The molecule has 0 bridgehead atoms. The number of thioether (sulfide) groups is 1. The molecule has 2 atom stereocenters. The summed E-state index contributed by atoms with van der Waals surface area (Å²) in [5.41, 5.74) is -0.141. The fraction of sp³-hybridized carbons (Fsp3) is 0.600. The van der Waals surface area contributed by atoms with Crippen LogP contribution in [0.3, 0.4) is 0 Å². The number of hydrogen-bond donors (Lipinski definition) is 2. The minimum Gasteiger partial charge on any atom is -0.392 e. The van der Waals surface area contributed by atoms with Gasteiger partial charge in [-0.25, -0.2) is 4.98 Å². The lowest BCUT2D eigenvalue weighted by Gasteiger charge is -2.26. The monoisotopic (exact) mass is 226 g/mol. The number of H-pyrrole nitrogens is 1. The fourth-order valence-corrected chi connectivity index (χ4v) is 2.92. The average molecular weight is 226 g/mol. The summed E-state index contributed by atoms with van der Waals surface area (Å²) in [5, 5.41) is 10.5. The van der Waals surface area contributed by atoms with Crippen LogP contribution in [0, 0.1) is 0 Å². The molecule has 1 heterocycles. The van der Waals surface area contributed by atoms with E-state index in [0.717, 1.165) is 25.7 Å². The minimum atomic E-state index is -0.269. The molecule has 0 spiro atoms.